The Hall–Kier alpha value is -3.39. The maximum Gasteiger partial charge on any atom is 0.205 e. The topological polar surface area (TPSA) is 84.1 Å². The SMILES string of the molecule is COc1ccc2c(c1)C(c1c[nH]c3ccccc13)C(C#N)=C(N)O2. The van der Waals surface area contributed by atoms with E-state index in [4.69, 9.17) is 15.2 Å². The van der Waals surface area contributed by atoms with Crippen molar-refractivity contribution in [2.75, 3.05) is 7.11 Å². The second kappa shape index (κ2) is 5.36. The highest BCUT2D eigenvalue weighted by atomic mass is 16.5. The summed E-state index contributed by atoms with van der Waals surface area (Å²) >= 11 is 0. The van der Waals surface area contributed by atoms with Gasteiger partial charge in [0.15, 0.2) is 0 Å². The molecule has 3 aromatic rings. The van der Waals surface area contributed by atoms with E-state index in [0.29, 0.717) is 17.1 Å². The number of fused-ring (bicyclic) bond motifs is 2. The van der Waals surface area contributed by atoms with Gasteiger partial charge in [-0.15, -0.1) is 0 Å². The third-order valence-electron chi connectivity index (χ3n) is 4.35. The summed E-state index contributed by atoms with van der Waals surface area (Å²) in [4.78, 5) is 3.26. The molecule has 1 unspecified atom stereocenters. The standard InChI is InChI=1S/C19H15N3O2/c1-23-11-6-7-17-13(8-11)18(14(9-20)19(21)24-17)15-10-22-16-5-3-2-4-12(15)16/h2-8,10,18,22H,21H2,1H3. The number of rotatable bonds is 2. The molecule has 3 N–H and O–H groups in total. The van der Waals surface area contributed by atoms with Crippen LogP contribution in [-0.4, -0.2) is 12.1 Å². The van der Waals surface area contributed by atoms with Crippen LogP contribution >= 0.6 is 0 Å². The van der Waals surface area contributed by atoms with Crippen molar-refractivity contribution >= 4 is 10.9 Å². The largest absolute Gasteiger partial charge is 0.497 e. The first-order chi connectivity index (χ1) is 11.7. The second-order valence-corrected chi connectivity index (χ2v) is 5.62. The number of aromatic amines is 1. The molecule has 0 amide bonds. The number of nitrogens with zero attached hydrogens (tertiary/aromatic N) is 1. The van der Waals surface area contributed by atoms with Crippen molar-refractivity contribution in [1.82, 2.24) is 4.98 Å². The van der Waals surface area contributed by atoms with Crippen LogP contribution in [0.25, 0.3) is 10.9 Å². The van der Waals surface area contributed by atoms with E-state index in [-0.39, 0.29) is 11.8 Å². The summed E-state index contributed by atoms with van der Waals surface area (Å²) in [5.74, 6) is 1.19. The average molecular weight is 317 g/mol. The van der Waals surface area contributed by atoms with Gasteiger partial charge in [0.05, 0.1) is 13.0 Å². The number of ether oxygens (including phenoxy) is 2. The number of aromatic nitrogens is 1. The van der Waals surface area contributed by atoms with Crippen LogP contribution in [0.4, 0.5) is 0 Å². The van der Waals surface area contributed by atoms with E-state index >= 15 is 0 Å². The molecule has 4 rings (SSSR count). The molecule has 1 aliphatic rings. The van der Waals surface area contributed by atoms with Crippen molar-refractivity contribution in [1.29, 1.82) is 5.26 Å². The zero-order chi connectivity index (χ0) is 16.7. The molecule has 1 aromatic heterocycles. The predicted octanol–water partition coefficient (Wildman–Crippen LogP) is 3.39. The molecule has 5 nitrogen and oxygen atoms in total. The lowest BCUT2D eigenvalue weighted by molar-refractivity contribution is 0.386. The molecular formula is C19H15N3O2. The van der Waals surface area contributed by atoms with Gasteiger partial charge >= 0.3 is 0 Å². The van der Waals surface area contributed by atoms with E-state index in [9.17, 15) is 5.26 Å². The zero-order valence-electron chi connectivity index (χ0n) is 13.0. The zero-order valence-corrected chi connectivity index (χ0v) is 13.0. The van der Waals surface area contributed by atoms with Crippen molar-refractivity contribution < 1.29 is 9.47 Å². The molecule has 0 bridgehead atoms. The van der Waals surface area contributed by atoms with Crippen LogP contribution < -0.4 is 15.2 Å². The van der Waals surface area contributed by atoms with E-state index in [1.807, 2.05) is 48.7 Å². The maximum atomic E-state index is 9.65. The molecule has 2 heterocycles. The lowest BCUT2D eigenvalue weighted by Gasteiger charge is -2.26. The highest BCUT2D eigenvalue weighted by Crippen LogP contribution is 2.45. The molecule has 1 aliphatic heterocycles. The summed E-state index contributed by atoms with van der Waals surface area (Å²) in [5.41, 5.74) is 9.28. The van der Waals surface area contributed by atoms with Gasteiger partial charge in [-0.25, -0.2) is 0 Å². The molecule has 0 saturated heterocycles. The maximum absolute atomic E-state index is 9.65. The third-order valence-corrected chi connectivity index (χ3v) is 4.35. The van der Waals surface area contributed by atoms with Crippen LogP contribution in [0.2, 0.25) is 0 Å². The van der Waals surface area contributed by atoms with Crippen LogP contribution in [0, 0.1) is 11.3 Å². The Morgan fingerprint density at radius 2 is 2.04 bits per heavy atom. The minimum atomic E-state index is -0.301. The van der Waals surface area contributed by atoms with E-state index in [1.165, 1.54) is 0 Å². The minimum Gasteiger partial charge on any atom is -0.497 e. The van der Waals surface area contributed by atoms with E-state index in [0.717, 1.165) is 22.0 Å². The van der Waals surface area contributed by atoms with Gasteiger partial charge in [-0.05, 0) is 29.8 Å². The number of nitriles is 1. The van der Waals surface area contributed by atoms with E-state index in [2.05, 4.69) is 11.1 Å². The molecule has 0 saturated carbocycles. The summed E-state index contributed by atoms with van der Waals surface area (Å²) < 4.78 is 11.0. The summed E-state index contributed by atoms with van der Waals surface area (Å²) in [7, 11) is 1.61. The monoisotopic (exact) mass is 317 g/mol. The van der Waals surface area contributed by atoms with Crippen molar-refractivity contribution in [3.63, 3.8) is 0 Å². The molecule has 0 spiro atoms. The Morgan fingerprint density at radius 3 is 2.83 bits per heavy atom. The molecule has 0 aliphatic carbocycles. The van der Waals surface area contributed by atoms with Gasteiger partial charge in [0.2, 0.25) is 5.88 Å². The number of H-pyrrole nitrogens is 1. The molecule has 0 radical (unpaired) electrons. The first kappa shape index (κ1) is 14.2. The van der Waals surface area contributed by atoms with Crippen LogP contribution in [0.3, 0.4) is 0 Å². The van der Waals surface area contributed by atoms with Crippen molar-refractivity contribution in [2.45, 2.75) is 5.92 Å². The normalized spacial score (nSPS) is 16.4. The molecule has 24 heavy (non-hydrogen) atoms. The molecule has 2 aromatic carbocycles. The van der Waals surface area contributed by atoms with Gasteiger partial charge in [0.25, 0.3) is 0 Å². The van der Waals surface area contributed by atoms with Crippen LogP contribution in [0.1, 0.15) is 17.0 Å². The molecular weight excluding hydrogens is 302 g/mol. The number of benzene rings is 2. The number of hydrogen-bond acceptors (Lipinski definition) is 4. The van der Waals surface area contributed by atoms with Crippen molar-refractivity contribution in [3.8, 4) is 17.6 Å². The smallest absolute Gasteiger partial charge is 0.205 e. The van der Waals surface area contributed by atoms with Gasteiger partial charge in [-0.3, -0.25) is 0 Å². The fraction of sp³-hybridized carbons (Fsp3) is 0.105. The summed E-state index contributed by atoms with van der Waals surface area (Å²) in [5, 5.41) is 10.7. The fourth-order valence-electron chi connectivity index (χ4n) is 3.22. The van der Waals surface area contributed by atoms with Crippen LogP contribution in [0.5, 0.6) is 11.5 Å². The van der Waals surface area contributed by atoms with E-state index < -0.39 is 0 Å². The van der Waals surface area contributed by atoms with Crippen LogP contribution in [0.15, 0.2) is 60.1 Å². The Bertz CT molecular complexity index is 1010. The summed E-state index contributed by atoms with van der Waals surface area (Å²) in [6.45, 7) is 0. The summed E-state index contributed by atoms with van der Waals surface area (Å²) in [6.07, 6.45) is 1.93. The Kier molecular flexibility index (Phi) is 3.17. The highest BCUT2D eigenvalue weighted by Gasteiger charge is 2.32. The Balaban J connectivity index is 2.00. The molecule has 1 atom stereocenters. The average Bonchev–Trinajstić information content (AvgIpc) is 3.04. The Labute approximate surface area is 138 Å². The molecule has 118 valence electrons. The predicted molar refractivity (Wildman–Crippen MR) is 90.6 cm³/mol. The number of hydrogen-bond donors (Lipinski definition) is 2. The minimum absolute atomic E-state index is 0.144. The number of nitrogens with one attached hydrogen (secondary N) is 1. The number of nitrogens with two attached hydrogens (primary N) is 1. The quantitative estimate of drug-likeness (QED) is 0.758. The lowest BCUT2D eigenvalue weighted by atomic mass is 9.83. The molecule has 5 heteroatoms. The van der Waals surface area contributed by atoms with Crippen LogP contribution in [-0.2, 0) is 0 Å². The highest BCUT2D eigenvalue weighted by molar-refractivity contribution is 5.85. The number of para-hydroxylation sites is 1. The van der Waals surface area contributed by atoms with Gasteiger partial charge in [-0.1, -0.05) is 18.2 Å². The van der Waals surface area contributed by atoms with Gasteiger partial charge < -0.3 is 20.2 Å². The van der Waals surface area contributed by atoms with Crippen molar-refractivity contribution in [3.05, 3.63) is 71.2 Å². The Morgan fingerprint density at radius 1 is 1.21 bits per heavy atom. The van der Waals surface area contributed by atoms with Gasteiger partial charge in [0, 0.05) is 22.7 Å². The molecule has 0 fully saturated rings. The first-order valence-corrected chi connectivity index (χ1v) is 7.54. The lowest BCUT2D eigenvalue weighted by Crippen LogP contribution is -2.21. The first-order valence-electron chi connectivity index (χ1n) is 7.54. The fourth-order valence-corrected chi connectivity index (χ4v) is 3.22. The third kappa shape index (κ3) is 2.01. The van der Waals surface area contributed by atoms with Crippen molar-refractivity contribution in [2.24, 2.45) is 5.73 Å². The van der Waals surface area contributed by atoms with E-state index in [1.54, 1.807) is 7.11 Å². The van der Waals surface area contributed by atoms with Gasteiger partial charge in [0.1, 0.15) is 23.1 Å². The van der Waals surface area contributed by atoms with Gasteiger partial charge in [-0.2, -0.15) is 5.26 Å². The second-order valence-electron chi connectivity index (χ2n) is 5.62. The number of methoxy groups -OCH3 is 1. The summed E-state index contributed by atoms with van der Waals surface area (Å²) in [6, 6.07) is 15.7. The number of allylic oxidation sites excluding steroid dienone is 1.